The molecule has 0 saturated carbocycles. The zero-order valence-electron chi connectivity index (χ0n) is 15.8. The van der Waals surface area contributed by atoms with Crippen LogP contribution in [-0.2, 0) is 0 Å². The molecule has 0 unspecified atom stereocenters. The molecule has 0 N–H and O–H groups in total. The molecule has 1 aliphatic rings. The van der Waals surface area contributed by atoms with Crippen LogP contribution >= 0.6 is 0 Å². The number of aryl methyl sites for hydroxylation is 1. The van der Waals surface area contributed by atoms with Crippen molar-refractivity contribution in [3.63, 3.8) is 0 Å². The minimum atomic E-state index is -0.0658. The van der Waals surface area contributed by atoms with Crippen LogP contribution in [-0.4, -0.2) is 50.9 Å². The maximum absolute atomic E-state index is 11.9. The molecule has 3 aromatic heterocycles. The lowest BCUT2D eigenvalue weighted by Gasteiger charge is -2.36. The molecule has 3 aromatic rings. The molecule has 8 nitrogen and oxygen atoms in total. The number of rotatable bonds is 3. The van der Waals surface area contributed by atoms with Crippen molar-refractivity contribution in [2.24, 2.45) is 0 Å². The van der Waals surface area contributed by atoms with Gasteiger partial charge in [-0.15, -0.1) is 0 Å². The van der Waals surface area contributed by atoms with Gasteiger partial charge in [-0.25, -0.2) is 14.6 Å². The predicted octanol–water partition coefficient (Wildman–Crippen LogP) is 1.80. The Balaban J connectivity index is 1.57. The lowest BCUT2D eigenvalue weighted by molar-refractivity contribution is 0.497. The van der Waals surface area contributed by atoms with Gasteiger partial charge in [0.2, 0.25) is 0 Å². The Kier molecular flexibility index (Phi) is 4.47. The molecule has 1 fully saturated rings. The first-order valence-corrected chi connectivity index (χ1v) is 9.21. The quantitative estimate of drug-likeness (QED) is 0.700. The topological polar surface area (TPSA) is 80.0 Å². The van der Waals surface area contributed by atoms with Gasteiger partial charge in [0.05, 0.1) is 17.8 Å². The van der Waals surface area contributed by atoms with Gasteiger partial charge in [0, 0.05) is 43.8 Å². The third-order valence-electron chi connectivity index (χ3n) is 4.79. The summed E-state index contributed by atoms with van der Waals surface area (Å²) in [6.07, 6.45) is 3.56. The predicted molar refractivity (Wildman–Crippen MR) is 105 cm³/mol. The van der Waals surface area contributed by atoms with Gasteiger partial charge in [-0.2, -0.15) is 5.10 Å². The molecule has 140 valence electrons. The summed E-state index contributed by atoms with van der Waals surface area (Å²) in [5.74, 6) is 2.55. The highest BCUT2D eigenvalue weighted by molar-refractivity contribution is 5.88. The molecule has 1 aliphatic heterocycles. The van der Waals surface area contributed by atoms with Crippen molar-refractivity contribution in [3.8, 4) is 0 Å². The Labute approximate surface area is 157 Å². The van der Waals surface area contributed by atoms with E-state index in [-0.39, 0.29) is 11.6 Å². The van der Waals surface area contributed by atoms with Crippen LogP contribution in [0.1, 0.15) is 25.7 Å². The van der Waals surface area contributed by atoms with Crippen LogP contribution in [0.15, 0.2) is 35.4 Å². The molecule has 0 bridgehead atoms. The second-order valence-corrected chi connectivity index (χ2v) is 7.03. The van der Waals surface area contributed by atoms with E-state index in [9.17, 15) is 4.79 Å². The molecule has 0 aromatic carbocycles. The number of piperazine rings is 1. The Morgan fingerprint density at radius 3 is 2.48 bits per heavy atom. The highest BCUT2D eigenvalue weighted by Gasteiger charge is 2.22. The molecule has 4 rings (SSSR count). The summed E-state index contributed by atoms with van der Waals surface area (Å²) in [4.78, 5) is 29.8. The second-order valence-electron chi connectivity index (χ2n) is 7.03. The molecule has 8 heteroatoms. The number of nitrogens with zero attached hydrogens (tertiary/aromatic N) is 7. The molecule has 1 saturated heterocycles. The van der Waals surface area contributed by atoms with Gasteiger partial charge >= 0.3 is 0 Å². The minimum Gasteiger partial charge on any atom is -0.352 e. The van der Waals surface area contributed by atoms with E-state index in [1.165, 1.54) is 4.68 Å². The average molecular weight is 365 g/mol. The standard InChI is InChI=1S/C19H23N7O/c1-13(2)26-18(27)5-4-17(23-26)24-8-10-25(11-9-24)19-15-6-7-20-12-16(15)21-14(3)22-19/h4-7,12-13H,8-11H2,1-3H3. The largest absolute Gasteiger partial charge is 0.352 e. The summed E-state index contributed by atoms with van der Waals surface area (Å²) in [6, 6.07) is 5.43. The highest BCUT2D eigenvalue weighted by atomic mass is 16.1. The number of hydrogen-bond acceptors (Lipinski definition) is 7. The van der Waals surface area contributed by atoms with Gasteiger partial charge in [0.15, 0.2) is 0 Å². The Hall–Kier alpha value is -3.03. The van der Waals surface area contributed by atoms with E-state index >= 15 is 0 Å². The number of hydrogen-bond donors (Lipinski definition) is 0. The summed E-state index contributed by atoms with van der Waals surface area (Å²) < 4.78 is 1.54. The summed E-state index contributed by atoms with van der Waals surface area (Å²) in [5.41, 5.74) is 0.803. The molecule has 0 aliphatic carbocycles. The maximum Gasteiger partial charge on any atom is 0.267 e. The van der Waals surface area contributed by atoms with Crippen LogP contribution in [0.3, 0.4) is 0 Å². The summed E-state index contributed by atoms with van der Waals surface area (Å²) in [5, 5.41) is 5.56. The molecular weight excluding hydrogens is 342 g/mol. The van der Waals surface area contributed by atoms with Crippen molar-refractivity contribution in [2.75, 3.05) is 36.0 Å². The zero-order chi connectivity index (χ0) is 19.0. The summed E-state index contributed by atoms with van der Waals surface area (Å²) >= 11 is 0. The number of anilines is 2. The van der Waals surface area contributed by atoms with Crippen LogP contribution in [0, 0.1) is 6.92 Å². The van der Waals surface area contributed by atoms with Gasteiger partial charge in [0.25, 0.3) is 5.56 Å². The molecule has 0 radical (unpaired) electrons. The third kappa shape index (κ3) is 3.34. The lowest BCUT2D eigenvalue weighted by atomic mass is 10.2. The van der Waals surface area contributed by atoms with Crippen molar-refractivity contribution in [2.45, 2.75) is 26.8 Å². The smallest absolute Gasteiger partial charge is 0.267 e. The van der Waals surface area contributed by atoms with E-state index in [2.05, 4.69) is 29.9 Å². The number of aromatic nitrogens is 5. The zero-order valence-corrected chi connectivity index (χ0v) is 15.8. The van der Waals surface area contributed by atoms with Gasteiger partial charge in [-0.05, 0) is 32.9 Å². The maximum atomic E-state index is 11.9. The molecule has 27 heavy (non-hydrogen) atoms. The van der Waals surface area contributed by atoms with E-state index in [4.69, 9.17) is 0 Å². The summed E-state index contributed by atoms with van der Waals surface area (Å²) in [7, 11) is 0. The van der Waals surface area contributed by atoms with Crippen LogP contribution in [0.5, 0.6) is 0 Å². The first-order valence-electron chi connectivity index (χ1n) is 9.21. The van der Waals surface area contributed by atoms with Gasteiger partial charge in [-0.1, -0.05) is 0 Å². The van der Waals surface area contributed by atoms with E-state index in [1.54, 1.807) is 18.5 Å². The fraction of sp³-hybridized carbons (Fsp3) is 0.421. The second kappa shape index (κ2) is 6.94. The van der Waals surface area contributed by atoms with Crippen molar-refractivity contribution < 1.29 is 0 Å². The van der Waals surface area contributed by atoms with Crippen molar-refractivity contribution in [1.82, 2.24) is 24.7 Å². The van der Waals surface area contributed by atoms with Crippen molar-refractivity contribution in [3.05, 3.63) is 46.8 Å². The Bertz CT molecular complexity index is 1020. The lowest BCUT2D eigenvalue weighted by Crippen LogP contribution is -2.47. The molecule has 0 amide bonds. The van der Waals surface area contributed by atoms with Crippen molar-refractivity contribution >= 4 is 22.5 Å². The molecule has 0 spiro atoms. The van der Waals surface area contributed by atoms with Crippen LogP contribution in [0.2, 0.25) is 0 Å². The average Bonchev–Trinajstić information content (AvgIpc) is 2.67. The monoisotopic (exact) mass is 365 g/mol. The van der Waals surface area contributed by atoms with Gasteiger partial charge in [-0.3, -0.25) is 9.78 Å². The SMILES string of the molecule is Cc1nc(N2CCN(c3ccc(=O)n(C(C)C)n3)CC2)c2ccncc2n1. The van der Waals surface area contributed by atoms with Crippen LogP contribution < -0.4 is 15.4 Å². The minimum absolute atomic E-state index is 0.0442. The molecule has 4 heterocycles. The Morgan fingerprint density at radius 2 is 1.74 bits per heavy atom. The first kappa shape index (κ1) is 17.4. The number of pyridine rings is 1. The van der Waals surface area contributed by atoms with Crippen LogP contribution in [0.4, 0.5) is 11.6 Å². The highest BCUT2D eigenvalue weighted by Crippen LogP contribution is 2.25. The van der Waals surface area contributed by atoms with E-state index in [0.717, 1.165) is 54.5 Å². The normalized spacial score (nSPS) is 15.0. The van der Waals surface area contributed by atoms with E-state index < -0.39 is 0 Å². The van der Waals surface area contributed by atoms with Gasteiger partial charge < -0.3 is 9.80 Å². The molecule has 0 atom stereocenters. The Morgan fingerprint density at radius 1 is 1.00 bits per heavy atom. The van der Waals surface area contributed by atoms with E-state index in [0.29, 0.717) is 0 Å². The van der Waals surface area contributed by atoms with Crippen molar-refractivity contribution in [1.29, 1.82) is 0 Å². The van der Waals surface area contributed by atoms with E-state index in [1.807, 2.05) is 32.9 Å². The first-order chi connectivity index (χ1) is 13.0. The molecular formula is C19H23N7O. The van der Waals surface area contributed by atoms with Crippen LogP contribution in [0.25, 0.3) is 10.9 Å². The fourth-order valence-corrected chi connectivity index (χ4v) is 3.42. The van der Waals surface area contributed by atoms with Gasteiger partial charge in [0.1, 0.15) is 17.5 Å². The third-order valence-corrected chi connectivity index (χ3v) is 4.79. The number of fused-ring (bicyclic) bond motifs is 1. The fourth-order valence-electron chi connectivity index (χ4n) is 3.42. The summed E-state index contributed by atoms with van der Waals surface area (Å²) in [6.45, 7) is 9.14.